The number of methoxy groups -OCH3 is 1. The molecule has 1 aliphatic rings. The molecule has 0 radical (unpaired) electrons. The van der Waals surface area contributed by atoms with E-state index in [2.05, 4.69) is 0 Å². The van der Waals surface area contributed by atoms with Gasteiger partial charge in [0, 0.05) is 0 Å². The van der Waals surface area contributed by atoms with E-state index in [1.807, 2.05) is 6.92 Å². The van der Waals surface area contributed by atoms with E-state index in [1.165, 1.54) is 7.11 Å². The van der Waals surface area contributed by atoms with Crippen molar-refractivity contribution in [2.45, 2.75) is 51.6 Å². The summed E-state index contributed by atoms with van der Waals surface area (Å²) in [6.45, 7) is 2.03. The molecule has 0 aliphatic heterocycles. The van der Waals surface area contributed by atoms with Crippen molar-refractivity contribution < 1.29 is 14.6 Å². The number of hydrogen-bond donors (Lipinski definition) is 1. The van der Waals surface area contributed by atoms with Crippen LogP contribution in [0.2, 0.25) is 0 Å². The van der Waals surface area contributed by atoms with Crippen LogP contribution in [-0.4, -0.2) is 24.3 Å². The molecule has 1 N–H and O–H groups in total. The molecule has 15 heavy (non-hydrogen) atoms. The molecule has 1 atom stereocenters. The number of esters is 1. The maximum atomic E-state index is 11.4. The molecule has 1 fully saturated rings. The molecular weight excluding hydrogens is 192 g/mol. The van der Waals surface area contributed by atoms with Gasteiger partial charge >= 0.3 is 5.97 Å². The first-order valence-corrected chi connectivity index (χ1v) is 5.93. The average molecular weight is 214 g/mol. The van der Waals surface area contributed by atoms with E-state index in [4.69, 9.17) is 4.74 Å². The van der Waals surface area contributed by atoms with Crippen molar-refractivity contribution in [3.8, 4) is 0 Å². The quantitative estimate of drug-likeness (QED) is 0.729. The van der Waals surface area contributed by atoms with E-state index in [9.17, 15) is 9.90 Å². The minimum absolute atomic E-state index is 0.0512. The Morgan fingerprint density at radius 3 is 2.47 bits per heavy atom. The average Bonchev–Trinajstić information content (AvgIpc) is 2.27. The van der Waals surface area contributed by atoms with Crippen LogP contribution in [0.25, 0.3) is 0 Å². The Balaban J connectivity index is 2.35. The second kappa shape index (κ2) is 6.11. The van der Waals surface area contributed by atoms with Crippen LogP contribution < -0.4 is 0 Å². The van der Waals surface area contributed by atoms with Crippen molar-refractivity contribution >= 4 is 5.97 Å². The number of hydrogen-bond acceptors (Lipinski definition) is 3. The first kappa shape index (κ1) is 12.5. The van der Waals surface area contributed by atoms with Crippen molar-refractivity contribution in [2.24, 2.45) is 11.8 Å². The number of ether oxygens (including phenoxy) is 1. The predicted octanol–water partition coefficient (Wildman–Crippen LogP) is 2.13. The van der Waals surface area contributed by atoms with Crippen LogP contribution in [0.15, 0.2) is 0 Å². The fraction of sp³-hybridized carbons (Fsp3) is 0.917. The molecule has 0 amide bonds. The lowest BCUT2D eigenvalue weighted by molar-refractivity contribution is -0.146. The second-order valence-corrected chi connectivity index (χ2v) is 4.54. The molecule has 0 spiro atoms. The molecule has 0 aromatic heterocycles. The second-order valence-electron chi connectivity index (χ2n) is 4.54. The number of aliphatic hydroxyl groups is 1. The number of carbonyl (C=O) groups is 1. The van der Waals surface area contributed by atoms with Crippen molar-refractivity contribution in [2.75, 3.05) is 7.11 Å². The highest BCUT2D eigenvalue weighted by atomic mass is 16.5. The lowest BCUT2D eigenvalue weighted by Crippen LogP contribution is -2.23. The summed E-state index contributed by atoms with van der Waals surface area (Å²) >= 11 is 0. The Hall–Kier alpha value is -0.570. The summed E-state index contributed by atoms with van der Waals surface area (Å²) in [5.74, 6) is 0.566. The van der Waals surface area contributed by atoms with Gasteiger partial charge in [0.15, 0.2) is 0 Å². The molecule has 1 rings (SSSR count). The van der Waals surface area contributed by atoms with Gasteiger partial charge in [-0.1, -0.05) is 6.92 Å². The third kappa shape index (κ3) is 3.82. The van der Waals surface area contributed by atoms with Gasteiger partial charge in [0.1, 0.15) is 0 Å². The van der Waals surface area contributed by atoms with Crippen LogP contribution in [0.4, 0.5) is 0 Å². The normalized spacial score (nSPS) is 28.5. The third-order valence-corrected chi connectivity index (χ3v) is 3.46. The molecule has 0 heterocycles. The fourth-order valence-electron chi connectivity index (χ4n) is 2.38. The van der Waals surface area contributed by atoms with E-state index in [1.54, 1.807) is 0 Å². The summed E-state index contributed by atoms with van der Waals surface area (Å²) in [7, 11) is 1.45. The van der Waals surface area contributed by atoms with E-state index in [-0.39, 0.29) is 18.0 Å². The Kier molecular flexibility index (Phi) is 5.09. The molecule has 1 saturated carbocycles. The predicted molar refractivity (Wildman–Crippen MR) is 58.4 cm³/mol. The van der Waals surface area contributed by atoms with Gasteiger partial charge in [-0.05, 0) is 44.4 Å². The summed E-state index contributed by atoms with van der Waals surface area (Å²) < 4.78 is 4.78. The zero-order chi connectivity index (χ0) is 11.3. The first-order valence-electron chi connectivity index (χ1n) is 5.93. The van der Waals surface area contributed by atoms with E-state index < -0.39 is 0 Å². The number of carbonyl (C=O) groups excluding carboxylic acids is 1. The maximum Gasteiger partial charge on any atom is 0.308 e. The first-order chi connectivity index (χ1) is 7.17. The van der Waals surface area contributed by atoms with Gasteiger partial charge in [0.05, 0.1) is 19.1 Å². The van der Waals surface area contributed by atoms with Gasteiger partial charge in [-0.15, -0.1) is 0 Å². The number of rotatable bonds is 4. The van der Waals surface area contributed by atoms with Crippen LogP contribution >= 0.6 is 0 Å². The van der Waals surface area contributed by atoms with Crippen molar-refractivity contribution in [3.63, 3.8) is 0 Å². The monoisotopic (exact) mass is 214 g/mol. The SMILES string of the molecule is CCC(CC1CCC(O)CC1)C(=O)OC. The summed E-state index contributed by atoms with van der Waals surface area (Å²) in [5, 5.41) is 9.38. The third-order valence-electron chi connectivity index (χ3n) is 3.46. The zero-order valence-corrected chi connectivity index (χ0v) is 9.74. The Bertz CT molecular complexity index is 195. The van der Waals surface area contributed by atoms with Crippen LogP contribution in [0.1, 0.15) is 45.4 Å². The van der Waals surface area contributed by atoms with E-state index >= 15 is 0 Å². The van der Waals surface area contributed by atoms with Crippen LogP contribution in [0, 0.1) is 11.8 Å². The van der Waals surface area contributed by atoms with E-state index in [0.717, 1.165) is 38.5 Å². The van der Waals surface area contributed by atoms with Crippen molar-refractivity contribution in [1.29, 1.82) is 0 Å². The number of aliphatic hydroxyl groups excluding tert-OH is 1. The standard InChI is InChI=1S/C12H22O3/c1-3-10(12(14)15-2)8-9-4-6-11(13)7-5-9/h9-11,13H,3-8H2,1-2H3. The molecule has 3 nitrogen and oxygen atoms in total. The maximum absolute atomic E-state index is 11.4. The smallest absolute Gasteiger partial charge is 0.308 e. The molecule has 0 aromatic rings. The fourth-order valence-corrected chi connectivity index (χ4v) is 2.38. The largest absolute Gasteiger partial charge is 0.469 e. The molecule has 88 valence electrons. The molecule has 3 heteroatoms. The Morgan fingerprint density at radius 2 is 2.00 bits per heavy atom. The van der Waals surface area contributed by atoms with Crippen molar-refractivity contribution in [3.05, 3.63) is 0 Å². The Morgan fingerprint density at radius 1 is 1.40 bits per heavy atom. The summed E-state index contributed by atoms with van der Waals surface area (Å²) in [6.07, 6.45) is 5.55. The summed E-state index contributed by atoms with van der Waals surface area (Å²) in [5.41, 5.74) is 0. The van der Waals surface area contributed by atoms with E-state index in [0.29, 0.717) is 5.92 Å². The molecule has 0 saturated heterocycles. The molecule has 0 aromatic carbocycles. The van der Waals surface area contributed by atoms with Gasteiger partial charge < -0.3 is 9.84 Å². The lowest BCUT2D eigenvalue weighted by Gasteiger charge is -2.27. The van der Waals surface area contributed by atoms with Crippen LogP contribution in [0.3, 0.4) is 0 Å². The van der Waals surface area contributed by atoms with Gasteiger partial charge in [-0.25, -0.2) is 0 Å². The van der Waals surface area contributed by atoms with Gasteiger partial charge in [-0.2, -0.15) is 0 Å². The van der Waals surface area contributed by atoms with Crippen molar-refractivity contribution in [1.82, 2.24) is 0 Å². The molecular formula is C12H22O3. The van der Waals surface area contributed by atoms with Gasteiger partial charge in [-0.3, -0.25) is 4.79 Å². The minimum Gasteiger partial charge on any atom is -0.469 e. The molecule has 1 unspecified atom stereocenters. The highest BCUT2D eigenvalue weighted by molar-refractivity contribution is 5.72. The van der Waals surface area contributed by atoms with Gasteiger partial charge in [0.2, 0.25) is 0 Å². The highest BCUT2D eigenvalue weighted by Crippen LogP contribution is 2.30. The topological polar surface area (TPSA) is 46.5 Å². The highest BCUT2D eigenvalue weighted by Gasteiger charge is 2.25. The summed E-state index contributed by atoms with van der Waals surface area (Å²) in [4.78, 5) is 11.4. The van der Waals surface area contributed by atoms with Crippen LogP contribution in [-0.2, 0) is 9.53 Å². The van der Waals surface area contributed by atoms with Crippen LogP contribution in [0.5, 0.6) is 0 Å². The summed E-state index contributed by atoms with van der Waals surface area (Å²) in [6, 6.07) is 0. The lowest BCUT2D eigenvalue weighted by atomic mass is 9.81. The van der Waals surface area contributed by atoms with Gasteiger partial charge in [0.25, 0.3) is 0 Å². The zero-order valence-electron chi connectivity index (χ0n) is 9.74. The Labute approximate surface area is 91.8 Å². The molecule has 0 bridgehead atoms. The molecule has 1 aliphatic carbocycles. The minimum atomic E-state index is -0.112.